The molecule has 1 amide bonds. The summed E-state index contributed by atoms with van der Waals surface area (Å²) >= 11 is 6.35. The van der Waals surface area contributed by atoms with E-state index in [1.54, 1.807) is 0 Å². The van der Waals surface area contributed by atoms with Crippen molar-refractivity contribution < 1.29 is 4.79 Å². The highest BCUT2D eigenvalue weighted by atomic mass is 35.5. The van der Waals surface area contributed by atoms with Crippen LogP contribution >= 0.6 is 11.6 Å². The minimum Gasteiger partial charge on any atom is -0.355 e. The fraction of sp³-hybridized carbons (Fsp3) is 0.588. The molecule has 0 bridgehead atoms. The third-order valence-electron chi connectivity index (χ3n) is 4.40. The molecule has 1 saturated carbocycles. The van der Waals surface area contributed by atoms with Crippen LogP contribution in [-0.4, -0.2) is 17.8 Å². The molecule has 1 aliphatic rings. The molecule has 1 N–H and O–H groups in total. The lowest BCUT2D eigenvalue weighted by Gasteiger charge is -2.30. The summed E-state index contributed by atoms with van der Waals surface area (Å²) < 4.78 is 0. The molecule has 110 valence electrons. The summed E-state index contributed by atoms with van der Waals surface area (Å²) in [7, 11) is 0. The Morgan fingerprint density at radius 3 is 2.55 bits per heavy atom. The van der Waals surface area contributed by atoms with Gasteiger partial charge in [-0.2, -0.15) is 0 Å². The number of halogens is 1. The summed E-state index contributed by atoms with van der Waals surface area (Å²) in [5, 5.41) is 3.31. The highest BCUT2D eigenvalue weighted by Crippen LogP contribution is 2.29. The summed E-state index contributed by atoms with van der Waals surface area (Å²) in [5.74, 6) is 0.499. The molecule has 0 spiro atoms. The fourth-order valence-corrected chi connectivity index (χ4v) is 3.19. The molecular formula is C17H24ClNO. The van der Waals surface area contributed by atoms with Crippen LogP contribution in [0.2, 0.25) is 0 Å². The van der Waals surface area contributed by atoms with Gasteiger partial charge in [0.2, 0.25) is 5.91 Å². The minimum absolute atomic E-state index is 0.0816. The maximum absolute atomic E-state index is 12.5. The van der Waals surface area contributed by atoms with Gasteiger partial charge >= 0.3 is 0 Å². The van der Waals surface area contributed by atoms with Crippen molar-refractivity contribution in [2.45, 2.75) is 50.3 Å². The van der Waals surface area contributed by atoms with E-state index >= 15 is 0 Å². The standard InChI is InChI=1S/C17H24ClNO/c1-17(2,14-9-4-3-5-10-14)16(20)19-12-13-8-6-7-11-15(13)18/h3-5,9-10,13,15H,6-8,11-12H2,1-2H3,(H,19,20). The lowest BCUT2D eigenvalue weighted by molar-refractivity contribution is -0.125. The zero-order valence-electron chi connectivity index (χ0n) is 12.4. The largest absolute Gasteiger partial charge is 0.355 e. The molecule has 1 aromatic carbocycles. The Labute approximate surface area is 126 Å². The molecule has 0 saturated heterocycles. The normalized spacial score (nSPS) is 23.4. The fourth-order valence-electron chi connectivity index (χ4n) is 2.82. The summed E-state index contributed by atoms with van der Waals surface area (Å²) in [4.78, 5) is 12.5. The molecule has 0 radical (unpaired) electrons. The maximum Gasteiger partial charge on any atom is 0.230 e. The van der Waals surface area contributed by atoms with Crippen molar-refractivity contribution in [3.8, 4) is 0 Å². The van der Waals surface area contributed by atoms with E-state index in [0.717, 1.165) is 18.4 Å². The minimum atomic E-state index is -0.502. The Morgan fingerprint density at radius 2 is 1.90 bits per heavy atom. The zero-order valence-corrected chi connectivity index (χ0v) is 13.1. The number of benzene rings is 1. The number of hydrogen-bond acceptors (Lipinski definition) is 1. The van der Waals surface area contributed by atoms with Crippen LogP contribution in [0.4, 0.5) is 0 Å². The second kappa shape index (κ2) is 6.62. The molecule has 0 aromatic heterocycles. The number of carbonyl (C=O) groups excluding carboxylic acids is 1. The van der Waals surface area contributed by atoms with Crippen molar-refractivity contribution >= 4 is 17.5 Å². The molecule has 1 aliphatic carbocycles. The predicted molar refractivity (Wildman–Crippen MR) is 84.1 cm³/mol. The third-order valence-corrected chi connectivity index (χ3v) is 4.98. The van der Waals surface area contributed by atoms with Crippen LogP contribution in [0.5, 0.6) is 0 Å². The molecule has 2 atom stereocenters. The first-order valence-electron chi connectivity index (χ1n) is 7.49. The first kappa shape index (κ1) is 15.4. The van der Waals surface area contributed by atoms with Gasteiger partial charge in [-0.15, -0.1) is 11.6 Å². The Kier molecular flexibility index (Phi) is 5.09. The highest BCUT2D eigenvalue weighted by Gasteiger charge is 2.31. The second-order valence-corrected chi connectivity index (χ2v) is 6.82. The molecule has 0 heterocycles. The van der Waals surface area contributed by atoms with Gasteiger partial charge in [-0.3, -0.25) is 4.79 Å². The number of amides is 1. The van der Waals surface area contributed by atoms with E-state index in [9.17, 15) is 4.79 Å². The summed E-state index contributed by atoms with van der Waals surface area (Å²) in [6, 6.07) is 9.92. The van der Waals surface area contributed by atoms with Gasteiger partial charge in [0.25, 0.3) is 0 Å². The van der Waals surface area contributed by atoms with Crippen LogP contribution in [0.3, 0.4) is 0 Å². The Morgan fingerprint density at radius 1 is 1.25 bits per heavy atom. The van der Waals surface area contributed by atoms with Crippen molar-refractivity contribution in [3.05, 3.63) is 35.9 Å². The van der Waals surface area contributed by atoms with E-state index in [-0.39, 0.29) is 11.3 Å². The van der Waals surface area contributed by atoms with Gasteiger partial charge < -0.3 is 5.32 Å². The van der Waals surface area contributed by atoms with Crippen LogP contribution in [0.15, 0.2) is 30.3 Å². The van der Waals surface area contributed by atoms with E-state index in [1.807, 2.05) is 44.2 Å². The second-order valence-electron chi connectivity index (χ2n) is 6.26. The number of carbonyl (C=O) groups is 1. The van der Waals surface area contributed by atoms with Crippen molar-refractivity contribution in [1.29, 1.82) is 0 Å². The number of hydrogen-bond donors (Lipinski definition) is 1. The lowest BCUT2D eigenvalue weighted by Crippen LogP contribution is -2.43. The summed E-state index contributed by atoms with van der Waals surface area (Å²) in [6.45, 7) is 4.64. The van der Waals surface area contributed by atoms with Gasteiger partial charge in [0.05, 0.1) is 5.41 Å². The molecule has 0 aliphatic heterocycles. The maximum atomic E-state index is 12.5. The summed E-state index contributed by atoms with van der Waals surface area (Å²) in [6.07, 6.45) is 4.64. The van der Waals surface area contributed by atoms with Crippen molar-refractivity contribution in [2.24, 2.45) is 5.92 Å². The lowest BCUT2D eigenvalue weighted by atomic mass is 9.83. The van der Waals surface area contributed by atoms with Gasteiger partial charge in [0.15, 0.2) is 0 Å². The Hall–Kier alpha value is -1.02. The van der Waals surface area contributed by atoms with Crippen molar-refractivity contribution in [2.75, 3.05) is 6.54 Å². The van der Waals surface area contributed by atoms with Crippen molar-refractivity contribution in [3.63, 3.8) is 0 Å². The molecule has 1 aromatic rings. The van der Waals surface area contributed by atoms with E-state index in [4.69, 9.17) is 11.6 Å². The van der Waals surface area contributed by atoms with E-state index < -0.39 is 5.41 Å². The molecule has 20 heavy (non-hydrogen) atoms. The molecule has 1 fully saturated rings. The van der Waals surface area contributed by atoms with Gasteiger partial charge in [0, 0.05) is 11.9 Å². The monoisotopic (exact) mass is 293 g/mol. The molecule has 3 heteroatoms. The SMILES string of the molecule is CC(C)(C(=O)NCC1CCCCC1Cl)c1ccccc1. The van der Waals surface area contributed by atoms with E-state index in [1.165, 1.54) is 12.8 Å². The average molecular weight is 294 g/mol. The van der Waals surface area contributed by atoms with Crippen LogP contribution < -0.4 is 5.32 Å². The van der Waals surface area contributed by atoms with Crippen LogP contribution in [-0.2, 0) is 10.2 Å². The van der Waals surface area contributed by atoms with E-state index in [2.05, 4.69) is 5.32 Å². The van der Waals surface area contributed by atoms with Crippen LogP contribution in [0, 0.1) is 5.92 Å². The molecule has 2 nitrogen and oxygen atoms in total. The average Bonchev–Trinajstić information content (AvgIpc) is 2.47. The van der Waals surface area contributed by atoms with Gasteiger partial charge in [-0.05, 0) is 38.2 Å². The quantitative estimate of drug-likeness (QED) is 0.839. The number of nitrogens with one attached hydrogen (secondary N) is 1. The molecule has 2 rings (SSSR count). The van der Waals surface area contributed by atoms with E-state index in [0.29, 0.717) is 12.5 Å². The van der Waals surface area contributed by atoms with Gasteiger partial charge in [-0.25, -0.2) is 0 Å². The first-order chi connectivity index (χ1) is 9.51. The van der Waals surface area contributed by atoms with Gasteiger partial charge in [0.1, 0.15) is 0 Å². The first-order valence-corrected chi connectivity index (χ1v) is 7.93. The predicted octanol–water partition coefficient (Wildman–Crippen LogP) is 3.88. The smallest absolute Gasteiger partial charge is 0.230 e. The summed E-state index contributed by atoms with van der Waals surface area (Å²) in [5.41, 5.74) is 0.543. The zero-order chi connectivity index (χ0) is 14.6. The Balaban J connectivity index is 1.94. The van der Waals surface area contributed by atoms with Crippen LogP contribution in [0.25, 0.3) is 0 Å². The third kappa shape index (κ3) is 3.54. The topological polar surface area (TPSA) is 29.1 Å². The highest BCUT2D eigenvalue weighted by molar-refractivity contribution is 6.20. The molecule has 2 unspecified atom stereocenters. The Bertz CT molecular complexity index is 444. The van der Waals surface area contributed by atoms with Crippen molar-refractivity contribution in [1.82, 2.24) is 5.32 Å². The molecular weight excluding hydrogens is 270 g/mol. The van der Waals surface area contributed by atoms with Gasteiger partial charge in [-0.1, -0.05) is 43.2 Å². The number of rotatable bonds is 4. The number of alkyl halides is 1. The van der Waals surface area contributed by atoms with Crippen LogP contribution in [0.1, 0.15) is 45.1 Å².